The van der Waals surface area contributed by atoms with Crippen LogP contribution in [0.5, 0.6) is 0 Å². The molecule has 0 unspecified atom stereocenters. The zero-order chi connectivity index (χ0) is 20.1. The molecule has 0 amide bonds. The minimum Gasteiger partial charge on any atom is -0.332 e. The van der Waals surface area contributed by atoms with Gasteiger partial charge in [0, 0.05) is 16.4 Å². The highest BCUT2D eigenvalue weighted by Gasteiger charge is 2.15. The molecule has 3 rings (SSSR count). The maximum atomic E-state index is 12.4. The number of nitrogens with one attached hydrogen (secondary N) is 3. The standard InChI is InChI=1S/C17H13Cl2N5O2S2/c18-11-1-3-12(4-2-11)20-17(27)21-13-5-7-14(8-6-13)28(25,26)24-16-10-9-15(19)22-23-16/h1-10H,(H,23,24)(H2,20,21,27). The van der Waals surface area contributed by atoms with Crippen LogP contribution in [0.3, 0.4) is 0 Å². The lowest BCUT2D eigenvalue weighted by Gasteiger charge is -2.11. The van der Waals surface area contributed by atoms with E-state index in [-0.39, 0.29) is 15.9 Å². The maximum Gasteiger partial charge on any atom is 0.263 e. The summed E-state index contributed by atoms with van der Waals surface area (Å²) in [5.41, 5.74) is 1.39. The lowest BCUT2D eigenvalue weighted by Crippen LogP contribution is -2.19. The number of aromatic nitrogens is 2. The van der Waals surface area contributed by atoms with Gasteiger partial charge in [-0.15, -0.1) is 10.2 Å². The Morgan fingerprint density at radius 1 is 0.821 bits per heavy atom. The fourth-order valence-corrected chi connectivity index (χ4v) is 3.57. The van der Waals surface area contributed by atoms with Gasteiger partial charge in [-0.25, -0.2) is 8.42 Å². The Morgan fingerprint density at radius 2 is 1.39 bits per heavy atom. The second-order valence-electron chi connectivity index (χ2n) is 5.46. The van der Waals surface area contributed by atoms with E-state index in [9.17, 15) is 8.42 Å². The average Bonchev–Trinajstić information content (AvgIpc) is 2.66. The van der Waals surface area contributed by atoms with E-state index in [1.54, 1.807) is 36.4 Å². The van der Waals surface area contributed by atoms with E-state index in [2.05, 4.69) is 25.6 Å². The van der Waals surface area contributed by atoms with E-state index in [1.807, 2.05) is 0 Å². The quantitative estimate of drug-likeness (QED) is 0.492. The Kier molecular flexibility index (Phi) is 6.30. The lowest BCUT2D eigenvalue weighted by molar-refractivity contribution is 0.601. The smallest absolute Gasteiger partial charge is 0.263 e. The highest BCUT2D eigenvalue weighted by atomic mass is 35.5. The number of hydrogen-bond donors (Lipinski definition) is 3. The third-order valence-corrected chi connectivity index (χ3v) is 5.42. The number of benzene rings is 2. The number of nitrogens with zero attached hydrogens (tertiary/aromatic N) is 2. The molecular weight excluding hydrogens is 441 g/mol. The Bertz CT molecular complexity index is 1070. The van der Waals surface area contributed by atoms with Crippen LogP contribution in [0.4, 0.5) is 17.2 Å². The Balaban J connectivity index is 1.64. The molecule has 0 saturated heterocycles. The van der Waals surface area contributed by atoms with Crippen LogP contribution >= 0.6 is 35.4 Å². The van der Waals surface area contributed by atoms with Crippen LogP contribution in [-0.4, -0.2) is 23.7 Å². The summed E-state index contributed by atoms with van der Waals surface area (Å²) in [4.78, 5) is 0.0615. The molecule has 144 valence electrons. The monoisotopic (exact) mass is 453 g/mol. The molecule has 3 N–H and O–H groups in total. The van der Waals surface area contributed by atoms with Gasteiger partial charge in [-0.3, -0.25) is 4.72 Å². The Labute approximate surface area is 177 Å². The summed E-state index contributed by atoms with van der Waals surface area (Å²) in [5.74, 6) is 0.0694. The van der Waals surface area contributed by atoms with Crippen molar-refractivity contribution in [2.45, 2.75) is 4.90 Å². The molecule has 2 aromatic carbocycles. The van der Waals surface area contributed by atoms with Gasteiger partial charge < -0.3 is 10.6 Å². The molecule has 7 nitrogen and oxygen atoms in total. The summed E-state index contributed by atoms with van der Waals surface area (Å²) in [6.07, 6.45) is 0. The second-order valence-corrected chi connectivity index (χ2v) is 8.37. The van der Waals surface area contributed by atoms with Crippen molar-refractivity contribution in [3.05, 3.63) is 70.8 Å². The summed E-state index contributed by atoms with van der Waals surface area (Å²) in [6, 6.07) is 16.0. The molecule has 0 aliphatic heterocycles. The molecule has 1 aromatic heterocycles. The van der Waals surface area contributed by atoms with E-state index in [0.717, 1.165) is 5.69 Å². The van der Waals surface area contributed by atoms with Crippen molar-refractivity contribution in [1.82, 2.24) is 10.2 Å². The van der Waals surface area contributed by atoms with Gasteiger partial charge in [-0.1, -0.05) is 23.2 Å². The molecular formula is C17H13Cl2N5O2S2. The molecule has 28 heavy (non-hydrogen) atoms. The first-order valence-electron chi connectivity index (χ1n) is 7.77. The molecule has 0 fully saturated rings. The summed E-state index contributed by atoms with van der Waals surface area (Å²) in [7, 11) is -3.81. The van der Waals surface area contributed by atoms with Crippen LogP contribution in [0.25, 0.3) is 0 Å². The van der Waals surface area contributed by atoms with Crippen molar-refractivity contribution in [3.63, 3.8) is 0 Å². The van der Waals surface area contributed by atoms with Gasteiger partial charge in [0.1, 0.15) is 0 Å². The highest BCUT2D eigenvalue weighted by molar-refractivity contribution is 7.92. The highest BCUT2D eigenvalue weighted by Crippen LogP contribution is 2.18. The minimum atomic E-state index is -3.81. The lowest BCUT2D eigenvalue weighted by atomic mass is 10.3. The van der Waals surface area contributed by atoms with Crippen LogP contribution in [-0.2, 0) is 10.0 Å². The van der Waals surface area contributed by atoms with Gasteiger partial charge in [0.25, 0.3) is 10.0 Å². The fourth-order valence-electron chi connectivity index (χ4n) is 2.11. The van der Waals surface area contributed by atoms with Crippen LogP contribution in [0.15, 0.2) is 65.6 Å². The van der Waals surface area contributed by atoms with E-state index in [0.29, 0.717) is 15.8 Å². The SMILES string of the molecule is O=S(=O)(Nc1ccc(Cl)nn1)c1ccc(NC(=S)Nc2ccc(Cl)cc2)cc1. The van der Waals surface area contributed by atoms with Crippen molar-refractivity contribution in [1.29, 1.82) is 0 Å². The normalized spacial score (nSPS) is 10.9. The maximum absolute atomic E-state index is 12.4. The van der Waals surface area contributed by atoms with Crippen molar-refractivity contribution in [3.8, 4) is 0 Å². The van der Waals surface area contributed by atoms with Crippen LogP contribution < -0.4 is 15.4 Å². The number of anilines is 3. The van der Waals surface area contributed by atoms with Crippen LogP contribution in [0.2, 0.25) is 10.2 Å². The fraction of sp³-hybridized carbons (Fsp3) is 0. The molecule has 11 heteroatoms. The number of hydrogen-bond acceptors (Lipinski definition) is 5. The topological polar surface area (TPSA) is 96.0 Å². The first-order valence-corrected chi connectivity index (χ1v) is 10.4. The van der Waals surface area contributed by atoms with Gasteiger partial charge in [0.2, 0.25) is 0 Å². The molecule has 3 aromatic rings. The number of halogens is 2. The summed E-state index contributed by atoms with van der Waals surface area (Å²) in [6.45, 7) is 0. The molecule has 0 bridgehead atoms. The number of rotatable bonds is 5. The molecule has 0 atom stereocenters. The summed E-state index contributed by atoms with van der Waals surface area (Å²) >= 11 is 16.7. The predicted molar refractivity (Wildman–Crippen MR) is 116 cm³/mol. The van der Waals surface area contributed by atoms with Crippen molar-refractivity contribution in [2.24, 2.45) is 0 Å². The summed E-state index contributed by atoms with van der Waals surface area (Å²) < 4.78 is 27.1. The minimum absolute atomic E-state index is 0.0615. The zero-order valence-corrected chi connectivity index (χ0v) is 17.2. The molecule has 0 saturated carbocycles. The Morgan fingerprint density at radius 3 is 1.93 bits per heavy atom. The first kappa shape index (κ1) is 20.3. The molecule has 0 spiro atoms. The Hall–Kier alpha value is -2.46. The largest absolute Gasteiger partial charge is 0.332 e. The van der Waals surface area contributed by atoms with Crippen molar-refractivity contribution < 1.29 is 8.42 Å². The third kappa shape index (κ3) is 5.52. The average molecular weight is 454 g/mol. The van der Waals surface area contributed by atoms with Gasteiger partial charge >= 0.3 is 0 Å². The molecule has 0 aliphatic carbocycles. The van der Waals surface area contributed by atoms with E-state index in [4.69, 9.17) is 35.4 Å². The van der Waals surface area contributed by atoms with Gasteiger partial charge in [-0.05, 0) is 72.9 Å². The van der Waals surface area contributed by atoms with E-state index >= 15 is 0 Å². The third-order valence-electron chi connectivity index (χ3n) is 3.40. The molecule has 1 heterocycles. The van der Waals surface area contributed by atoms with Crippen LogP contribution in [0.1, 0.15) is 0 Å². The van der Waals surface area contributed by atoms with E-state index in [1.165, 1.54) is 24.3 Å². The van der Waals surface area contributed by atoms with Crippen molar-refractivity contribution >= 4 is 67.7 Å². The molecule has 0 aliphatic rings. The number of thiocarbonyl (C=S) groups is 1. The van der Waals surface area contributed by atoms with Gasteiger partial charge in [0.05, 0.1) is 4.90 Å². The van der Waals surface area contributed by atoms with Crippen molar-refractivity contribution in [2.75, 3.05) is 15.4 Å². The van der Waals surface area contributed by atoms with Gasteiger partial charge in [0.15, 0.2) is 16.1 Å². The van der Waals surface area contributed by atoms with E-state index < -0.39 is 10.0 Å². The predicted octanol–water partition coefficient (Wildman–Crippen LogP) is 4.39. The van der Waals surface area contributed by atoms with Gasteiger partial charge in [-0.2, -0.15) is 0 Å². The summed E-state index contributed by atoms with van der Waals surface area (Å²) in [5, 5.41) is 14.4. The second kappa shape index (κ2) is 8.70. The number of sulfonamides is 1. The first-order chi connectivity index (χ1) is 13.3. The van der Waals surface area contributed by atoms with Crippen LogP contribution in [0, 0.1) is 0 Å². The molecule has 0 radical (unpaired) electrons. The zero-order valence-electron chi connectivity index (χ0n) is 14.1.